The molecular weight excluding hydrogens is 775 g/mol. The van der Waals surface area contributed by atoms with Gasteiger partial charge in [0.05, 0.1) is 34.8 Å². The number of carbonyl (C=O) groups is 5. The van der Waals surface area contributed by atoms with Crippen molar-refractivity contribution in [3.05, 3.63) is 87.9 Å². The van der Waals surface area contributed by atoms with Crippen molar-refractivity contribution >= 4 is 58.2 Å². The number of nitriles is 1. The van der Waals surface area contributed by atoms with Crippen molar-refractivity contribution in [3.8, 4) is 6.07 Å². The monoisotopic (exact) mass is 820 g/mol. The van der Waals surface area contributed by atoms with Gasteiger partial charge in [0, 0.05) is 87.4 Å². The number of anilines is 3. The van der Waals surface area contributed by atoms with E-state index in [1.807, 2.05) is 46.2 Å². The Bertz CT molecular complexity index is 2280. The van der Waals surface area contributed by atoms with Crippen molar-refractivity contribution in [1.29, 1.82) is 5.26 Å². The summed E-state index contributed by atoms with van der Waals surface area (Å²) >= 11 is 6.37. The summed E-state index contributed by atoms with van der Waals surface area (Å²) in [5.74, 6) is -2.28. The van der Waals surface area contributed by atoms with Gasteiger partial charge in [-0.25, -0.2) is 4.39 Å². The number of amides is 5. The molecule has 6 heterocycles. The fourth-order valence-electron chi connectivity index (χ4n) is 10.2. The zero-order valence-corrected chi connectivity index (χ0v) is 33.7. The van der Waals surface area contributed by atoms with E-state index in [0.717, 1.165) is 55.2 Å². The van der Waals surface area contributed by atoms with E-state index in [0.29, 0.717) is 54.1 Å². The molecule has 306 valence electrons. The lowest BCUT2D eigenvalue weighted by atomic mass is 9.73. The number of benzene rings is 3. The quantitative estimate of drug-likeness (QED) is 0.340. The van der Waals surface area contributed by atoms with E-state index in [9.17, 15) is 29.2 Å². The second kappa shape index (κ2) is 14.9. The number of carbonyl (C=O) groups excluding carboxylic acids is 5. The maximum atomic E-state index is 16.0. The summed E-state index contributed by atoms with van der Waals surface area (Å²) in [6, 6.07) is 19.9. The van der Waals surface area contributed by atoms with E-state index in [-0.39, 0.29) is 54.9 Å². The Kier molecular flexibility index (Phi) is 9.87. The summed E-state index contributed by atoms with van der Waals surface area (Å²) in [7, 11) is 0. The van der Waals surface area contributed by atoms with Gasteiger partial charge in [0.15, 0.2) is 5.67 Å². The fraction of sp³-hybridized carbons (Fsp3) is 0.455. The Morgan fingerprint density at radius 1 is 0.831 bits per heavy atom. The molecule has 0 aliphatic carbocycles. The van der Waals surface area contributed by atoms with Crippen molar-refractivity contribution in [2.24, 2.45) is 5.41 Å². The van der Waals surface area contributed by atoms with E-state index in [1.54, 1.807) is 24.3 Å². The predicted molar refractivity (Wildman–Crippen MR) is 219 cm³/mol. The van der Waals surface area contributed by atoms with Crippen LogP contribution in [0.5, 0.6) is 0 Å². The third kappa shape index (κ3) is 6.97. The van der Waals surface area contributed by atoms with Gasteiger partial charge < -0.3 is 19.6 Å². The van der Waals surface area contributed by atoms with E-state index < -0.39 is 35.3 Å². The van der Waals surface area contributed by atoms with Gasteiger partial charge in [-0.15, -0.1) is 0 Å². The second-order valence-corrected chi connectivity index (χ2v) is 17.5. The molecule has 5 amide bonds. The molecule has 3 aromatic rings. The molecule has 6 aliphatic rings. The average molecular weight is 821 g/mol. The van der Waals surface area contributed by atoms with Crippen molar-refractivity contribution in [1.82, 2.24) is 20.0 Å². The minimum absolute atomic E-state index is 0.0258. The van der Waals surface area contributed by atoms with Crippen LogP contribution in [0.15, 0.2) is 60.7 Å². The van der Waals surface area contributed by atoms with Crippen LogP contribution in [0.1, 0.15) is 75.7 Å². The van der Waals surface area contributed by atoms with E-state index in [1.165, 1.54) is 0 Å². The molecule has 0 aromatic heterocycles. The summed E-state index contributed by atoms with van der Waals surface area (Å²) in [6.07, 6.45) is 3.38. The largest absolute Gasteiger partial charge is 0.371 e. The van der Waals surface area contributed by atoms with Crippen LogP contribution in [0.2, 0.25) is 5.02 Å². The van der Waals surface area contributed by atoms with Crippen LogP contribution in [0.25, 0.3) is 0 Å². The van der Waals surface area contributed by atoms with Crippen LogP contribution >= 0.6 is 11.6 Å². The smallest absolute Gasteiger partial charge is 0.262 e. The Morgan fingerprint density at radius 3 is 2.17 bits per heavy atom. The molecule has 6 aliphatic heterocycles. The van der Waals surface area contributed by atoms with Crippen molar-refractivity contribution in [3.63, 3.8) is 0 Å². The molecular formula is C44H46ClFN8O5. The van der Waals surface area contributed by atoms with E-state index >= 15 is 4.39 Å². The molecule has 0 radical (unpaired) electrons. The highest BCUT2D eigenvalue weighted by Gasteiger charge is 2.49. The first kappa shape index (κ1) is 39.0. The Hall–Kier alpha value is -5.52. The highest BCUT2D eigenvalue weighted by molar-refractivity contribution is 6.32. The van der Waals surface area contributed by atoms with Crippen LogP contribution in [0.3, 0.4) is 0 Å². The van der Waals surface area contributed by atoms with Crippen molar-refractivity contribution in [2.75, 3.05) is 80.1 Å². The highest BCUT2D eigenvalue weighted by atomic mass is 35.5. The van der Waals surface area contributed by atoms with Crippen LogP contribution in [0.4, 0.5) is 21.5 Å². The number of hydrogen-bond donors (Lipinski definition) is 1. The third-order valence-electron chi connectivity index (χ3n) is 13.8. The number of piperidine rings is 2. The number of nitrogens with zero attached hydrogens (tertiary/aromatic N) is 7. The molecule has 13 nitrogen and oxygen atoms in total. The lowest BCUT2D eigenvalue weighted by Crippen LogP contribution is -2.65. The number of rotatable bonds is 7. The number of alkyl halides is 1. The maximum Gasteiger partial charge on any atom is 0.262 e. The normalized spacial score (nSPS) is 24.0. The van der Waals surface area contributed by atoms with E-state index in [4.69, 9.17) is 11.6 Å². The van der Waals surface area contributed by atoms with Gasteiger partial charge in [-0.1, -0.05) is 11.6 Å². The van der Waals surface area contributed by atoms with Gasteiger partial charge in [0.2, 0.25) is 11.8 Å². The summed E-state index contributed by atoms with van der Waals surface area (Å²) < 4.78 is 16.0. The number of hydrogen-bond acceptors (Lipinski definition) is 10. The zero-order valence-electron chi connectivity index (χ0n) is 33.0. The molecule has 15 heteroatoms. The number of nitrogens with one attached hydrogen (secondary N) is 1. The molecule has 5 fully saturated rings. The number of fused-ring (bicyclic) bond motifs is 1. The lowest BCUT2D eigenvalue weighted by molar-refractivity contribution is -0.136. The van der Waals surface area contributed by atoms with Gasteiger partial charge in [-0.05, 0) is 98.7 Å². The Morgan fingerprint density at radius 2 is 1.49 bits per heavy atom. The number of halogens is 2. The first-order valence-electron chi connectivity index (χ1n) is 20.5. The molecule has 1 N–H and O–H groups in total. The van der Waals surface area contributed by atoms with E-state index in [2.05, 4.69) is 33.0 Å². The summed E-state index contributed by atoms with van der Waals surface area (Å²) in [5.41, 5.74) is 3.04. The van der Waals surface area contributed by atoms with Crippen molar-refractivity contribution in [2.45, 2.75) is 56.8 Å². The third-order valence-corrected chi connectivity index (χ3v) is 14.1. The first-order valence-corrected chi connectivity index (χ1v) is 20.9. The topological polar surface area (TPSA) is 141 Å². The van der Waals surface area contributed by atoms with Crippen LogP contribution in [-0.4, -0.2) is 127 Å². The lowest BCUT2D eigenvalue weighted by Gasteiger charge is -2.49. The maximum absolute atomic E-state index is 16.0. The number of piperazine rings is 1. The molecule has 2 unspecified atom stereocenters. The minimum Gasteiger partial charge on any atom is -0.371 e. The summed E-state index contributed by atoms with van der Waals surface area (Å²) in [4.78, 5) is 75.3. The Balaban J connectivity index is 0.736. The standard InChI is InChI=1S/C44H46ClFN8O5/c1-28-43(14-17-53(28)33-7-4-30(24-47)36(45)23-33)12-15-50(16-13-43)31-5-2-29(3-6-31)40(57)51-20-18-49(19-21-51)25-44(46)26-52(27-44)32-8-9-34-35(22-32)42(59)54(41(34)58)37-10-11-38(55)48-39(37)56/h2-9,22-23,28,37H,10-21,25-27H2,1H3,(H,48,55,56). The SMILES string of the molecule is CC1N(c2ccc(C#N)c(Cl)c2)CCC12CCN(c1ccc(C(=O)N3CCN(CC4(F)CN(c5ccc6c(c5)C(=O)N(C5CCC(=O)NC5=O)C6=O)C4)CC3)cc1)CC2. The molecule has 2 atom stereocenters. The molecule has 1 spiro atoms. The van der Waals surface area contributed by atoms with Crippen LogP contribution in [0, 0.1) is 16.7 Å². The van der Waals surface area contributed by atoms with Gasteiger partial charge in [0.25, 0.3) is 17.7 Å². The molecule has 59 heavy (non-hydrogen) atoms. The fourth-order valence-corrected chi connectivity index (χ4v) is 10.4. The van der Waals surface area contributed by atoms with Gasteiger partial charge in [0.1, 0.15) is 12.1 Å². The number of imide groups is 2. The predicted octanol–water partition coefficient (Wildman–Crippen LogP) is 4.48. The van der Waals surface area contributed by atoms with Gasteiger partial charge in [-0.3, -0.25) is 39.1 Å². The molecule has 9 rings (SSSR count). The molecule has 0 bridgehead atoms. The Labute approximate surface area is 347 Å². The van der Waals surface area contributed by atoms with Crippen LogP contribution in [-0.2, 0) is 9.59 Å². The molecule has 5 saturated heterocycles. The summed E-state index contributed by atoms with van der Waals surface area (Å²) in [6.45, 7) is 7.75. The molecule has 0 saturated carbocycles. The van der Waals surface area contributed by atoms with Crippen molar-refractivity contribution < 1.29 is 28.4 Å². The van der Waals surface area contributed by atoms with Gasteiger partial charge in [-0.2, -0.15) is 5.26 Å². The minimum atomic E-state index is -1.47. The molecule has 3 aromatic carbocycles. The average Bonchev–Trinajstić information content (AvgIpc) is 3.67. The second-order valence-electron chi connectivity index (χ2n) is 17.0. The first-order chi connectivity index (χ1) is 28.3. The highest BCUT2D eigenvalue weighted by Crippen LogP contribution is 2.48. The van der Waals surface area contributed by atoms with Crippen LogP contribution < -0.4 is 20.0 Å². The summed E-state index contributed by atoms with van der Waals surface area (Å²) in [5, 5.41) is 12.0. The van der Waals surface area contributed by atoms with Gasteiger partial charge >= 0.3 is 0 Å². The zero-order chi connectivity index (χ0) is 41.2.